The highest BCUT2D eigenvalue weighted by molar-refractivity contribution is 8.01. The van der Waals surface area contributed by atoms with E-state index in [-0.39, 0.29) is 6.61 Å². The summed E-state index contributed by atoms with van der Waals surface area (Å²) in [6.45, 7) is 3.19. The number of hydrogen-bond acceptors (Lipinski definition) is 6. The number of thioether (sulfide) groups is 1. The van der Waals surface area contributed by atoms with Gasteiger partial charge in [-0.2, -0.15) is 0 Å². The largest absolute Gasteiger partial charge is 0.396 e. The highest BCUT2D eigenvalue weighted by Gasteiger charge is 2.02. The Morgan fingerprint density at radius 3 is 3.00 bits per heavy atom. The first kappa shape index (κ1) is 11.7. The summed E-state index contributed by atoms with van der Waals surface area (Å²) in [7, 11) is 0. The maximum atomic E-state index is 8.59. The summed E-state index contributed by atoms with van der Waals surface area (Å²) in [6.07, 6.45) is 1.89. The van der Waals surface area contributed by atoms with Crippen molar-refractivity contribution in [3.8, 4) is 0 Å². The van der Waals surface area contributed by atoms with Crippen molar-refractivity contribution in [2.24, 2.45) is 0 Å². The lowest BCUT2D eigenvalue weighted by molar-refractivity contribution is 0.287. The van der Waals surface area contributed by atoms with Crippen molar-refractivity contribution in [3.05, 3.63) is 0 Å². The Morgan fingerprint density at radius 1 is 1.43 bits per heavy atom. The summed E-state index contributed by atoms with van der Waals surface area (Å²) in [5.74, 6) is 1.00. The first-order valence-electron chi connectivity index (χ1n) is 4.68. The Hall–Kier alpha value is -0.330. The van der Waals surface area contributed by atoms with Gasteiger partial charge in [0.15, 0.2) is 4.34 Å². The number of unbranched alkanes of at least 4 members (excludes halogenated alkanes) is 1. The highest BCUT2D eigenvalue weighted by atomic mass is 32.2. The lowest BCUT2D eigenvalue weighted by Crippen LogP contribution is -1.94. The molecule has 6 heteroatoms. The smallest absolute Gasteiger partial charge is 0.206 e. The van der Waals surface area contributed by atoms with Gasteiger partial charge in [-0.1, -0.05) is 23.1 Å². The molecule has 0 unspecified atom stereocenters. The molecule has 0 aliphatic heterocycles. The minimum atomic E-state index is 0.277. The fourth-order valence-electron chi connectivity index (χ4n) is 0.864. The molecule has 0 spiro atoms. The van der Waals surface area contributed by atoms with Crippen LogP contribution in [0.5, 0.6) is 0 Å². The van der Waals surface area contributed by atoms with Crippen LogP contribution in [0.1, 0.15) is 19.8 Å². The Balaban J connectivity index is 2.22. The zero-order valence-corrected chi connectivity index (χ0v) is 9.83. The molecule has 0 saturated heterocycles. The van der Waals surface area contributed by atoms with Crippen LogP contribution in [0.25, 0.3) is 0 Å². The molecule has 14 heavy (non-hydrogen) atoms. The van der Waals surface area contributed by atoms with E-state index in [1.807, 2.05) is 6.92 Å². The van der Waals surface area contributed by atoms with Crippen molar-refractivity contribution in [1.29, 1.82) is 0 Å². The van der Waals surface area contributed by atoms with Gasteiger partial charge in [-0.05, 0) is 19.8 Å². The Labute approximate surface area is 92.1 Å². The van der Waals surface area contributed by atoms with Crippen molar-refractivity contribution in [1.82, 2.24) is 10.2 Å². The quantitative estimate of drug-likeness (QED) is 0.556. The number of aromatic nitrogens is 2. The lowest BCUT2D eigenvalue weighted by atomic mass is 10.4. The van der Waals surface area contributed by atoms with Gasteiger partial charge in [-0.15, -0.1) is 10.2 Å². The van der Waals surface area contributed by atoms with Crippen LogP contribution in [0.3, 0.4) is 0 Å². The van der Waals surface area contributed by atoms with Gasteiger partial charge in [0.25, 0.3) is 0 Å². The van der Waals surface area contributed by atoms with E-state index < -0.39 is 0 Å². The van der Waals surface area contributed by atoms with Crippen molar-refractivity contribution in [3.63, 3.8) is 0 Å². The van der Waals surface area contributed by atoms with Crippen LogP contribution < -0.4 is 5.32 Å². The standard InChI is InChI=1S/C8H15N3OS2/c1-2-9-7-10-11-8(14-7)13-6-4-3-5-12/h12H,2-6H2,1H3,(H,9,10). The van der Waals surface area contributed by atoms with Crippen molar-refractivity contribution in [2.75, 3.05) is 24.2 Å². The number of anilines is 1. The highest BCUT2D eigenvalue weighted by Crippen LogP contribution is 2.25. The van der Waals surface area contributed by atoms with Crippen molar-refractivity contribution in [2.45, 2.75) is 24.1 Å². The van der Waals surface area contributed by atoms with Gasteiger partial charge < -0.3 is 10.4 Å². The molecule has 0 amide bonds. The van der Waals surface area contributed by atoms with E-state index in [9.17, 15) is 0 Å². The number of rotatable bonds is 7. The molecular formula is C8H15N3OS2. The topological polar surface area (TPSA) is 58.0 Å². The normalized spacial score (nSPS) is 10.4. The number of hydrogen-bond donors (Lipinski definition) is 2. The van der Waals surface area contributed by atoms with Crippen LogP contribution >= 0.6 is 23.1 Å². The third kappa shape index (κ3) is 4.26. The van der Waals surface area contributed by atoms with Gasteiger partial charge in [0.05, 0.1) is 0 Å². The molecule has 0 aliphatic carbocycles. The molecule has 1 aromatic rings. The Kier molecular flexibility index (Phi) is 5.89. The molecule has 0 saturated carbocycles. The number of nitrogens with zero attached hydrogens (tertiary/aromatic N) is 2. The van der Waals surface area contributed by atoms with E-state index in [0.29, 0.717) is 0 Å². The van der Waals surface area contributed by atoms with Gasteiger partial charge in [-0.3, -0.25) is 0 Å². The van der Waals surface area contributed by atoms with Crippen LogP contribution in [0.4, 0.5) is 5.13 Å². The van der Waals surface area contributed by atoms with E-state index in [2.05, 4.69) is 15.5 Å². The fraction of sp³-hybridized carbons (Fsp3) is 0.750. The molecule has 0 fully saturated rings. The zero-order chi connectivity index (χ0) is 10.2. The molecule has 80 valence electrons. The summed E-state index contributed by atoms with van der Waals surface area (Å²) in [5, 5.41) is 20.6. The molecular weight excluding hydrogens is 218 g/mol. The summed E-state index contributed by atoms with van der Waals surface area (Å²) in [6, 6.07) is 0. The summed E-state index contributed by atoms with van der Waals surface area (Å²) < 4.78 is 0.999. The summed E-state index contributed by atoms with van der Waals surface area (Å²) >= 11 is 3.28. The maximum Gasteiger partial charge on any atom is 0.206 e. The predicted molar refractivity (Wildman–Crippen MR) is 61.1 cm³/mol. The predicted octanol–water partition coefficient (Wildman–Crippen LogP) is 1.83. The first-order valence-corrected chi connectivity index (χ1v) is 6.48. The second-order valence-corrected chi connectivity index (χ2v) is 5.00. The molecule has 0 aliphatic rings. The van der Waals surface area contributed by atoms with Crippen LogP contribution in [0.15, 0.2) is 4.34 Å². The van der Waals surface area contributed by atoms with E-state index in [1.54, 1.807) is 23.1 Å². The lowest BCUT2D eigenvalue weighted by Gasteiger charge is -1.94. The molecule has 0 radical (unpaired) electrons. The number of nitrogens with one attached hydrogen (secondary N) is 1. The molecule has 2 N–H and O–H groups in total. The molecule has 0 atom stereocenters. The van der Waals surface area contributed by atoms with E-state index in [1.165, 1.54) is 0 Å². The fourth-order valence-corrected chi connectivity index (χ4v) is 2.75. The van der Waals surface area contributed by atoms with Crippen LogP contribution in [0, 0.1) is 0 Å². The molecule has 0 aromatic carbocycles. The molecule has 1 heterocycles. The van der Waals surface area contributed by atoms with Gasteiger partial charge >= 0.3 is 0 Å². The molecule has 0 bridgehead atoms. The SMILES string of the molecule is CCNc1nnc(SCCCCO)s1. The van der Waals surface area contributed by atoms with Gasteiger partial charge in [0.1, 0.15) is 0 Å². The molecule has 1 aromatic heterocycles. The average Bonchev–Trinajstić information content (AvgIpc) is 2.61. The second-order valence-electron chi connectivity index (χ2n) is 2.68. The summed E-state index contributed by atoms with van der Waals surface area (Å²) in [4.78, 5) is 0. The van der Waals surface area contributed by atoms with Crippen molar-refractivity contribution < 1.29 is 5.11 Å². The van der Waals surface area contributed by atoms with Crippen LogP contribution in [-0.4, -0.2) is 34.2 Å². The minimum absolute atomic E-state index is 0.277. The molecule has 1 rings (SSSR count). The van der Waals surface area contributed by atoms with Gasteiger partial charge in [0.2, 0.25) is 5.13 Å². The van der Waals surface area contributed by atoms with Crippen molar-refractivity contribution >= 4 is 28.2 Å². The average molecular weight is 233 g/mol. The Bertz CT molecular complexity index is 254. The first-order chi connectivity index (χ1) is 6.86. The third-order valence-corrected chi connectivity index (χ3v) is 3.61. The van der Waals surface area contributed by atoms with Crippen LogP contribution in [0.2, 0.25) is 0 Å². The third-order valence-electron chi connectivity index (χ3n) is 1.51. The molecule has 4 nitrogen and oxygen atoms in total. The monoisotopic (exact) mass is 233 g/mol. The van der Waals surface area contributed by atoms with E-state index in [0.717, 1.165) is 34.6 Å². The van der Waals surface area contributed by atoms with E-state index >= 15 is 0 Å². The maximum absolute atomic E-state index is 8.59. The number of aliphatic hydroxyl groups is 1. The second kappa shape index (κ2) is 7.03. The van der Waals surface area contributed by atoms with Gasteiger partial charge in [0, 0.05) is 18.9 Å². The zero-order valence-electron chi connectivity index (χ0n) is 8.19. The van der Waals surface area contributed by atoms with Gasteiger partial charge in [-0.25, -0.2) is 0 Å². The van der Waals surface area contributed by atoms with Crippen LogP contribution in [-0.2, 0) is 0 Å². The Morgan fingerprint density at radius 2 is 2.29 bits per heavy atom. The summed E-state index contributed by atoms with van der Waals surface area (Å²) in [5.41, 5.74) is 0. The minimum Gasteiger partial charge on any atom is -0.396 e. The van der Waals surface area contributed by atoms with E-state index in [4.69, 9.17) is 5.11 Å². The number of aliphatic hydroxyl groups excluding tert-OH is 1.